The highest BCUT2D eigenvalue weighted by molar-refractivity contribution is 5.90. The largest absolute Gasteiger partial charge is 0.366 e. The molecule has 2 nitrogen and oxygen atoms in total. The smallest absolute Gasteiger partial charge is 0.241 e. The fraction of sp³-hybridized carbons (Fsp3) is 0.100. The number of primary amides is 1. The Labute approximate surface area is 80.0 Å². The molecule has 1 aromatic rings. The van der Waals surface area contributed by atoms with E-state index < -0.39 is 17.5 Å². The van der Waals surface area contributed by atoms with Gasteiger partial charge in [-0.1, -0.05) is 0 Å². The Morgan fingerprint density at radius 3 is 2.29 bits per heavy atom. The van der Waals surface area contributed by atoms with Gasteiger partial charge >= 0.3 is 0 Å². The second-order valence-corrected chi connectivity index (χ2v) is 2.85. The minimum Gasteiger partial charge on any atom is -0.366 e. The molecule has 0 saturated heterocycles. The van der Waals surface area contributed by atoms with Gasteiger partial charge in [-0.05, 0) is 30.7 Å². The van der Waals surface area contributed by atoms with Crippen LogP contribution in [0, 0.1) is 18.6 Å². The first-order chi connectivity index (χ1) is 6.50. The summed E-state index contributed by atoms with van der Waals surface area (Å²) < 4.78 is 25.9. The lowest BCUT2D eigenvalue weighted by atomic mass is 10.1. The molecule has 0 spiro atoms. The third kappa shape index (κ3) is 2.39. The second kappa shape index (κ2) is 4.00. The molecule has 0 aliphatic carbocycles. The molecule has 74 valence electrons. The van der Waals surface area contributed by atoms with Gasteiger partial charge in [0.1, 0.15) is 11.6 Å². The molecule has 1 amide bonds. The van der Waals surface area contributed by atoms with Crippen LogP contribution in [0.25, 0.3) is 6.08 Å². The van der Waals surface area contributed by atoms with Gasteiger partial charge in [0, 0.05) is 11.6 Å². The zero-order valence-corrected chi connectivity index (χ0v) is 7.55. The fourth-order valence-corrected chi connectivity index (χ4v) is 0.939. The van der Waals surface area contributed by atoms with Gasteiger partial charge in [-0.15, -0.1) is 0 Å². The van der Waals surface area contributed by atoms with Gasteiger partial charge in [-0.2, -0.15) is 0 Å². The van der Waals surface area contributed by atoms with Crippen LogP contribution in [-0.2, 0) is 4.79 Å². The first-order valence-corrected chi connectivity index (χ1v) is 3.94. The van der Waals surface area contributed by atoms with Gasteiger partial charge in [0.25, 0.3) is 0 Å². The number of hydrogen-bond acceptors (Lipinski definition) is 1. The molecule has 1 aromatic carbocycles. The number of amides is 1. The van der Waals surface area contributed by atoms with Gasteiger partial charge in [-0.25, -0.2) is 8.78 Å². The topological polar surface area (TPSA) is 43.1 Å². The minimum absolute atomic E-state index is 0.0405. The van der Waals surface area contributed by atoms with E-state index in [1.165, 1.54) is 13.0 Å². The standard InChI is InChI=1S/C10H9F2NO/c1-6-8(11)4-7(5-9(6)12)2-3-10(13)14/h2-5H,1H3,(H2,13,14)/b3-2+. The van der Waals surface area contributed by atoms with Crippen molar-refractivity contribution in [1.29, 1.82) is 0 Å². The monoisotopic (exact) mass is 197 g/mol. The van der Waals surface area contributed by atoms with Crippen LogP contribution in [0.1, 0.15) is 11.1 Å². The van der Waals surface area contributed by atoms with Crippen molar-refractivity contribution in [2.75, 3.05) is 0 Å². The van der Waals surface area contributed by atoms with E-state index in [2.05, 4.69) is 0 Å². The van der Waals surface area contributed by atoms with Gasteiger partial charge < -0.3 is 5.73 Å². The maximum absolute atomic E-state index is 13.0. The van der Waals surface area contributed by atoms with Gasteiger partial charge in [0.2, 0.25) is 5.91 Å². The summed E-state index contributed by atoms with van der Waals surface area (Å²) in [5.74, 6) is -1.95. The zero-order chi connectivity index (χ0) is 10.7. The summed E-state index contributed by atoms with van der Waals surface area (Å²) in [7, 11) is 0. The molecule has 1 rings (SSSR count). The van der Waals surface area contributed by atoms with Crippen molar-refractivity contribution in [3.63, 3.8) is 0 Å². The van der Waals surface area contributed by atoms with Crippen molar-refractivity contribution in [2.24, 2.45) is 5.73 Å². The molecule has 0 bridgehead atoms. The van der Waals surface area contributed by atoms with E-state index in [0.717, 1.165) is 18.2 Å². The number of hydrogen-bond donors (Lipinski definition) is 1. The molecule has 0 radical (unpaired) electrons. The molecule has 0 aliphatic heterocycles. The third-order valence-corrected chi connectivity index (χ3v) is 1.74. The van der Waals surface area contributed by atoms with E-state index in [-0.39, 0.29) is 11.1 Å². The summed E-state index contributed by atoms with van der Waals surface area (Å²) in [4.78, 5) is 10.4. The van der Waals surface area contributed by atoms with E-state index in [1.807, 2.05) is 0 Å². The summed E-state index contributed by atoms with van der Waals surface area (Å²) in [5, 5.41) is 0. The van der Waals surface area contributed by atoms with Crippen molar-refractivity contribution in [1.82, 2.24) is 0 Å². The molecule has 0 heterocycles. The third-order valence-electron chi connectivity index (χ3n) is 1.74. The molecular weight excluding hydrogens is 188 g/mol. The van der Waals surface area contributed by atoms with E-state index in [1.54, 1.807) is 0 Å². The van der Waals surface area contributed by atoms with E-state index in [0.29, 0.717) is 0 Å². The average Bonchev–Trinajstić information content (AvgIpc) is 2.10. The molecule has 0 unspecified atom stereocenters. The quantitative estimate of drug-likeness (QED) is 0.721. The summed E-state index contributed by atoms with van der Waals surface area (Å²) in [6.45, 7) is 1.34. The van der Waals surface area contributed by atoms with Crippen molar-refractivity contribution < 1.29 is 13.6 Å². The lowest BCUT2D eigenvalue weighted by Crippen LogP contribution is -2.05. The Morgan fingerprint density at radius 2 is 1.86 bits per heavy atom. The van der Waals surface area contributed by atoms with Crippen LogP contribution >= 0.6 is 0 Å². The molecule has 2 N–H and O–H groups in total. The van der Waals surface area contributed by atoms with E-state index in [9.17, 15) is 13.6 Å². The molecule has 0 aromatic heterocycles. The van der Waals surface area contributed by atoms with Crippen LogP contribution in [-0.4, -0.2) is 5.91 Å². The Kier molecular flexibility index (Phi) is 2.96. The van der Waals surface area contributed by atoms with Crippen LogP contribution in [0.5, 0.6) is 0 Å². The number of carbonyl (C=O) groups excluding carboxylic acids is 1. The lowest BCUT2D eigenvalue weighted by molar-refractivity contribution is -0.113. The van der Waals surface area contributed by atoms with Crippen LogP contribution < -0.4 is 5.73 Å². The Morgan fingerprint density at radius 1 is 1.36 bits per heavy atom. The Bertz CT molecular complexity index is 376. The zero-order valence-electron chi connectivity index (χ0n) is 7.55. The van der Waals surface area contributed by atoms with E-state index >= 15 is 0 Å². The van der Waals surface area contributed by atoms with Crippen molar-refractivity contribution in [2.45, 2.75) is 6.92 Å². The number of halogens is 2. The highest BCUT2D eigenvalue weighted by Gasteiger charge is 2.04. The summed E-state index contributed by atoms with van der Waals surface area (Å²) in [6.07, 6.45) is 2.30. The first kappa shape index (κ1) is 10.4. The Hall–Kier alpha value is -1.71. The number of nitrogens with two attached hydrogens (primary N) is 1. The normalized spacial score (nSPS) is 10.8. The number of carbonyl (C=O) groups is 1. The van der Waals surface area contributed by atoms with Gasteiger partial charge in [-0.3, -0.25) is 4.79 Å². The van der Waals surface area contributed by atoms with Crippen molar-refractivity contribution >= 4 is 12.0 Å². The molecule has 0 saturated carbocycles. The van der Waals surface area contributed by atoms with Crippen LogP contribution in [0.15, 0.2) is 18.2 Å². The molecule has 14 heavy (non-hydrogen) atoms. The SMILES string of the molecule is Cc1c(F)cc(/C=C/C(N)=O)cc1F. The Balaban J connectivity index is 3.07. The number of rotatable bonds is 2. The van der Waals surface area contributed by atoms with Gasteiger partial charge in [0.05, 0.1) is 0 Å². The van der Waals surface area contributed by atoms with Crippen LogP contribution in [0.2, 0.25) is 0 Å². The minimum atomic E-state index is -0.661. The maximum atomic E-state index is 13.0. The van der Waals surface area contributed by atoms with E-state index in [4.69, 9.17) is 5.73 Å². The second-order valence-electron chi connectivity index (χ2n) is 2.85. The summed E-state index contributed by atoms with van der Waals surface area (Å²) in [5.41, 5.74) is 5.06. The molecule has 4 heteroatoms. The summed E-state index contributed by atoms with van der Waals surface area (Å²) in [6, 6.07) is 2.27. The highest BCUT2D eigenvalue weighted by Crippen LogP contribution is 2.14. The predicted octanol–water partition coefficient (Wildman–Crippen LogP) is 1.77. The van der Waals surface area contributed by atoms with Crippen molar-refractivity contribution in [3.8, 4) is 0 Å². The fourth-order valence-electron chi connectivity index (χ4n) is 0.939. The lowest BCUT2D eigenvalue weighted by Gasteiger charge is -2.00. The van der Waals surface area contributed by atoms with Gasteiger partial charge in [0.15, 0.2) is 0 Å². The highest BCUT2D eigenvalue weighted by atomic mass is 19.1. The summed E-state index contributed by atoms with van der Waals surface area (Å²) >= 11 is 0. The maximum Gasteiger partial charge on any atom is 0.241 e. The van der Waals surface area contributed by atoms with Crippen LogP contribution in [0.4, 0.5) is 8.78 Å². The molecule has 0 aliphatic rings. The number of benzene rings is 1. The predicted molar refractivity (Wildman–Crippen MR) is 49.3 cm³/mol. The van der Waals surface area contributed by atoms with Crippen molar-refractivity contribution in [3.05, 3.63) is 41.0 Å². The first-order valence-electron chi connectivity index (χ1n) is 3.94. The molecular formula is C10H9F2NO. The molecule has 0 atom stereocenters. The molecule has 0 fully saturated rings. The van der Waals surface area contributed by atoms with Crippen LogP contribution in [0.3, 0.4) is 0 Å². The average molecular weight is 197 g/mol.